The van der Waals surface area contributed by atoms with Gasteiger partial charge in [0.05, 0.1) is 26.4 Å². The Labute approximate surface area is 551 Å². The van der Waals surface area contributed by atoms with Gasteiger partial charge in [-0.1, -0.05) is 124 Å². The van der Waals surface area contributed by atoms with Crippen molar-refractivity contribution in [2.75, 3.05) is 26.4 Å². The number of unbranched alkanes of at least 4 members (excludes halogenated alkanes) is 6. The predicted octanol–water partition coefficient (Wildman–Crippen LogP) is 17.1. The normalized spacial score (nSPS) is 10.2. The fraction of sp³-hybridized carbons (Fsp3) is 0.190. The van der Waals surface area contributed by atoms with Crippen molar-refractivity contribution in [1.29, 1.82) is 0 Å². The van der Waals surface area contributed by atoms with Gasteiger partial charge in [0.2, 0.25) is 0 Å². The van der Waals surface area contributed by atoms with Crippen molar-refractivity contribution in [3.63, 3.8) is 0 Å². The molecule has 0 heterocycles. The molecule has 0 bridgehead atoms. The molecule has 0 unspecified atom stereocenters. The highest BCUT2D eigenvalue weighted by molar-refractivity contribution is 5.89. The molecule has 0 saturated carbocycles. The Balaban J connectivity index is 0.000000242. The topological polar surface area (TPSA) is 124 Å². The molecule has 0 amide bonds. The molecule has 0 aliphatic rings. The second-order valence-corrected chi connectivity index (χ2v) is 21.7. The minimum atomic E-state index is -0.493. The number of benzene rings is 9. The van der Waals surface area contributed by atoms with Crippen LogP contribution in [0.15, 0.2) is 220 Å². The summed E-state index contributed by atoms with van der Waals surface area (Å²) in [4.78, 5) is 45.0. The first kappa shape index (κ1) is 68.4. The third kappa shape index (κ3) is 21.8. The fourth-order valence-electron chi connectivity index (χ4n) is 9.77. The standard InChI is InChI=1S/C44H38O5.C40H36O5/c1-4-35-27-32(11-12-33-15-20-40-31-42(49-44(46)6-3)24-22-38(40)28-33)13-17-36(35)18-14-34-16-19-39-30-41(23-21-37(39)29-34)47-25-9-7-8-10-26-48-43(45)5-2;1-4-33-27-31(12-11-30-16-22-37(23-17-30)45-40(42)6-3)13-18-34(33)19-14-32-15-20-36-29-38(24-21-35(36)28-32)43-25-9-7-8-10-26-44-39(41)5-2/h5-6,13,15-17,19-24,27-31H,2-4,7-10,25-26H2,1H3;5-6,13,15-18,20-24,27-29H,2-4,7-10,25-26H2,1H3. The summed E-state index contributed by atoms with van der Waals surface area (Å²) in [5, 5.41) is 6.40. The number of aryl methyl sites for hydroxylation is 2. The Bertz CT molecular complexity index is 4500. The lowest BCUT2D eigenvalue weighted by atomic mass is 10.0. The molecule has 9 rings (SSSR count). The zero-order chi connectivity index (χ0) is 66.3. The van der Waals surface area contributed by atoms with Crippen LogP contribution in [0.25, 0.3) is 32.3 Å². The van der Waals surface area contributed by atoms with Crippen LogP contribution in [-0.4, -0.2) is 50.3 Å². The third-order valence-corrected chi connectivity index (χ3v) is 14.9. The third-order valence-electron chi connectivity index (χ3n) is 14.9. The van der Waals surface area contributed by atoms with E-state index < -0.39 is 11.9 Å². The zero-order valence-corrected chi connectivity index (χ0v) is 53.3. The van der Waals surface area contributed by atoms with Crippen LogP contribution in [0.4, 0.5) is 0 Å². The largest absolute Gasteiger partial charge is 0.494 e. The molecule has 0 fully saturated rings. The first-order valence-electron chi connectivity index (χ1n) is 31.5. The lowest BCUT2D eigenvalue weighted by Crippen LogP contribution is -2.02. The van der Waals surface area contributed by atoms with Crippen molar-refractivity contribution in [2.24, 2.45) is 0 Å². The zero-order valence-electron chi connectivity index (χ0n) is 53.3. The SMILES string of the molecule is C=CC(=O)OCCCCCCOc1ccc2cc(C#Cc3ccc(C#Cc4ccc(OC(=O)C=C)cc4)cc3CC)ccc2c1.C=CC(=O)OCCCCCCOc1ccc2cc(C#Cc3ccc(C#Cc4ccc5cc(OC(=O)C=C)ccc5c4)cc3CC)ccc2c1. The van der Waals surface area contributed by atoms with Crippen LogP contribution in [0.2, 0.25) is 0 Å². The molecular formula is C84H74O10. The average Bonchev–Trinajstić information content (AvgIpc) is 1.03. The van der Waals surface area contributed by atoms with E-state index >= 15 is 0 Å². The van der Waals surface area contributed by atoms with Gasteiger partial charge in [-0.3, -0.25) is 0 Å². The van der Waals surface area contributed by atoms with E-state index in [2.05, 4.69) is 148 Å². The highest BCUT2D eigenvalue weighted by atomic mass is 16.5. The van der Waals surface area contributed by atoms with Gasteiger partial charge in [-0.2, -0.15) is 0 Å². The van der Waals surface area contributed by atoms with Gasteiger partial charge in [0.25, 0.3) is 0 Å². The van der Waals surface area contributed by atoms with Gasteiger partial charge in [-0.15, -0.1) is 0 Å². The van der Waals surface area contributed by atoms with Crippen molar-refractivity contribution in [2.45, 2.75) is 78.1 Å². The van der Waals surface area contributed by atoms with Crippen molar-refractivity contribution in [3.8, 4) is 70.4 Å². The summed E-state index contributed by atoms with van der Waals surface area (Å²) in [6.45, 7) is 20.0. The Hall–Kier alpha value is -11.6. The number of hydrogen-bond donors (Lipinski definition) is 0. The smallest absolute Gasteiger partial charge is 0.335 e. The summed E-state index contributed by atoms with van der Waals surface area (Å²) in [7, 11) is 0. The quantitative estimate of drug-likeness (QED) is 0.0190. The molecule has 0 aliphatic heterocycles. The second-order valence-electron chi connectivity index (χ2n) is 21.7. The number of hydrogen-bond acceptors (Lipinski definition) is 10. The summed E-state index contributed by atoms with van der Waals surface area (Å²) in [6.07, 6.45) is 13.9. The fourth-order valence-corrected chi connectivity index (χ4v) is 9.77. The van der Waals surface area contributed by atoms with Crippen LogP contribution < -0.4 is 18.9 Å². The molecule has 9 aromatic rings. The predicted molar refractivity (Wildman–Crippen MR) is 376 cm³/mol. The first-order valence-corrected chi connectivity index (χ1v) is 31.5. The van der Waals surface area contributed by atoms with E-state index in [1.54, 1.807) is 18.2 Å². The Morgan fingerprint density at radius 3 is 1.01 bits per heavy atom. The molecule has 0 N–H and O–H groups in total. The average molecular weight is 1240 g/mol. The molecule has 10 nitrogen and oxygen atoms in total. The molecule has 0 saturated heterocycles. The van der Waals surface area contributed by atoms with Gasteiger partial charge in [-0.05, 0) is 241 Å². The van der Waals surface area contributed by atoms with Gasteiger partial charge in [-0.25, -0.2) is 19.2 Å². The molecule has 9 aromatic carbocycles. The van der Waals surface area contributed by atoms with Crippen LogP contribution in [0.1, 0.15) is 121 Å². The molecule has 0 radical (unpaired) electrons. The monoisotopic (exact) mass is 1240 g/mol. The van der Waals surface area contributed by atoms with Crippen molar-refractivity contribution < 1.29 is 47.6 Å². The maximum Gasteiger partial charge on any atom is 0.335 e. The first-order chi connectivity index (χ1) is 45.9. The molecule has 0 aliphatic carbocycles. The van der Waals surface area contributed by atoms with Gasteiger partial charge in [0, 0.05) is 68.8 Å². The van der Waals surface area contributed by atoms with E-state index in [1.807, 2.05) is 91.0 Å². The maximum atomic E-state index is 11.5. The van der Waals surface area contributed by atoms with Crippen LogP contribution >= 0.6 is 0 Å². The second kappa shape index (κ2) is 36.3. The summed E-state index contributed by atoms with van der Waals surface area (Å²) >= 11 is 0. The highest BCUT2D eigenvalue weighted by Crippen LogP contribution is 2.26. The Morgan fingerprint density at radius 2 is 0.606 bits per heavy atom. The summed E-state index contributed by atoms with van der Waals surface area (Å²) in [5.41, 5.74) is 9.74. The van der Waals surface area contributed by atoms with Crippen molar-refractivity contribution in [1.82, 2.24) is 0 Å². The number of carbonyl (C=O) groups excluding carboxylic acids is 4. The number of ether oxygens (including phenoxy) is 6. The van der Waals surface area contributed by atoms with Crippen molar-refractivity contribution in [3.05, 3.63) is 276 Å². The van der Waals surface area contributed by atoms with Gasteiger partial charge in [0.15, 0.2) is 0 Å². The molecule has 0 atom stereocenters. The van der Waals surface area contributed by atoms with Crippen LogP contribution in [-0.2, 0) is 41.5 Å². The molecule has 0 aromatic heterocycles. The number of rotatable bonds is 24. The van der Waals surface area contributed by atoms with E-state index in [0.717, 1.165) is 176 Å². The minimum Gasteiger partial charge on any atom is -0.494 e. The van der Waals surface area contributed by atoms with Gasteiger partial charge in [0.1, 0.15) is 23.0 Å². The number of fused-ring (bicyclic) bond motifs is 3. The van der Waals surface area contributed by atoms with Crippen molar-refractivity contribution >= 4 is 56.2 Å². The van der Waals surface area contributed by atoms with E-state index in [-0.39, 0.29) is 11.9 Å². The van der Waals surface area contributed by atoms with Crippen LogP contribution in [0, 0.1) is 47.4 Å². The Kier molecular flexibility index (Phi) is 26.4. The van der Waals surface area contributed by atoms with E-state index in [1.165, 1.54) is 12.2 Å². The molecule has 470 valence electrons. The maximum absolute atomic E-state index is 11.5. The molecule has 0 spiro atoms. The molecular weight excluding hydrogens is 1170 g/mol. The summed E-state index contributed by atoms with van der Waals surface area (Å²) < 4.78 is 32.2. The number of esters is 4. The van der Waals surface area contributed by atoms with Gasteiger partial charge >= 0.3 is 23.9 Å². The Morgan fingerprint density at radius 1 is 0.309 bits per heavy atom. The summed E-state index contributed by atoms with van der Waals surface area (Å²) in [5.74, 6) is 27.2. The van der Waals surface area contributed by atoms with E-state index in [4.69, 9.17) is 28.4 Å². The molecule has 94 heavy (non-hydrogen) atoms. The van der Waals surface area contributed by atoms with Crippen LogP contribution in [0.3, 0.4) is 0 Å². The minimum absolute atomic E-state index is 0.370. The number of carbonyl (C=O) groups is 4. The lowest BCUT2D eigenvalue weighted by molar-refractivity contribution is -0.138. The van der Waals surface area contributed by atoms with Gasteiger partial charge < -0.3 is 28.4 Å². The molecule has 10 heteroatoms. The highest BCUT2D eigenvalue weighted by Gasteiger charge is 2.08. The van der Waals surface area contributed by atoms with Crippen LogP contribution in [0.5, 0.6) is 23.0 Å². The summed E-state index contributed by atoms with van der Waals surface area (Å²) in [6, 6.07) is 55.5. The lowest BCUT2D eigenvalue weighted by Gasteiger charge is -2.08. The van der Waals surface area contributed by atoms with E-state index in [0.29, 0.717) is 37.9 Å². The van der Waals surface area contributed by atoms with E-state index in [9.17, 15) is 19.2 Å².